The van der Waals surface area contributed by atoms with Gasteiger partial charge in [-0.05, 0) is 50.3 Å². The van der Waals surface area contributed by atoms with Gasteiger partial charge in [-0.3, -0.25) is 0 Å². The first-order valence-electron chi connectivity index (χ1n) is 8.58. The van der Waals surface area contributed by atoms with Crippen LogP contribution in [-0.2, 0) is 14.8 Å². The molecule has 3 rings (SSSR count). The van der Waals surface area contributed by atoms with E-state index in [0.29, 0.717) is 23.8 Å². The van der Waals surface area contributed by atoms with Crippen molar-refractivity contribution >= 4 is 15.9 Å². The predicted molar refractivity (Wildman–Crippen MR) is 93.6 cm³/mol. The van der Waals surface area contributed by atoms with Crippen LogP contribution in [-0.4, -0.2) is 25.0 Å². The second kappa shape index (κ2) is 6.39. The van der Waals surface area contributed by atoms with Crippen LogP contribution in [0.5, 0.6) is 5.75 Å². The van der Waals surface area contributed by atoms with Gasteiger partial charge in [0.15, 0.2) is 0 Å². The van der Waals surface area contributed by atoms with Crippen molar-refractivity contribution in [3.8, 4) is 5.75 Å². The molecule has 1 atom stereocenters. The van der Waals surface area contributed by atoms with Crippen LogP contribution in [0.25, 0.3) is 0 Å². The number of ether oxygens (including phenoxy) is 1. The summed E-state index contributed by atoms with van der Waals surface area (Å²) in [4.78, 5) is 0. The van der Waals surface area contributed by atoms with Crippen molar-refractivity contribution < 1.29 is 18.3 Å². The summed E-state index contributed by atoms with van der Waals surface area (Å²) < 4.78 is 35.6. The van der Waals surface area contributed by atoms with Gasteiger partial charge in [0.25, 0.3) is 10.0 Å². The summed E-state index contributed by atoms with van der Waals surface area (Å²) in [6.45, 7) is 3.55. The smallest absolute Gasteiger partial charge is 0.267 e. The Morgan fingerprint density at radius 1 is 1.25 bits per heavy atom. The quantitative estimate of drug-likeness (QED) is 0.895. The standard InChI is InChI=1S/C18H25NO4S/c1-18(2)17(14-9-6-10-15(20)12-14)24(21,22)19-16(23-18)11-13-7-4-3-5-8-13/h6,9-10,12-13,17,20H,3-5,7-8,11H2,1-2H3. The molecular weight excluding hydrogens is 326 g/mol. The first-order chi connectivity index (χ1) is 11.3. The minimum atomic E-state index is -3.75. The van der Waals surface area contributed by atoms with Crippen LogP contribution in [0.2, 0.25) is 0 Å². The Morgan fingerprint density at radius 3 is 2.58 bits per heavy atom. The van der Waals surface area contributed by atoms with Crippen molar-refractivity contribution in [3.05, 3.63) is 29.8 Å². The molecule has 0 amide bonds. The average Bonchev–Trinajstić information content (AvgIpc) is 2.45. The predicted octanol–water partition coefficient (Wildman–Crippen LogP) is 3.94. The Kier molecular flexibility index (Phi) is 4.60. The summed E-state index contributed by atoms with van der Waals surface area (Å²) in [7, 11) is -3.75. The number of phenols is 1. The highest BCUT2D eigenvalue weighted by Crippen LogP contribution is 2.42. The molecule has 6 heteroatoms. The van der Waals surface area contributed by atoms with E-state index in [4.69, 9.17) is 4.74 Å². The van der Waals surface area contributed by atoms with E-state index in [1.165, 1.54) is 31.4 Å². The van der Waals surface area contributed by atoms with E-state index in [-0.39, 0.29) is 5.75 Å². The molecule has 0 spiro atoms. The van der Waals surface area contributed by atoms with Crippen LogP contribution in [0.1, 0.15) is 63.2 Å². The monoisotopic (exact) mass is 351 g/mol. The fraction of sp³-hybridized carbons (Fsp3) is 0.611. The van der Waals surface area contributed by atoms with Crippen molar-refractivity contribution in [2.75, 3.05) is 0 Å². The third-order valence-corrected chi connectivity index (χ3v) is 6.79. The number of phenolic OH excluding ortho intramolecular Hbond substituents is 1. The number of benzene rings is 1. The van der Waals surface area contributed by atoms with Crippen molar-refractivity contribution in [1.29, 1.82) is 0 Å². The molecule has 1 N–H and O–H groups in total. The van der Waals surface area contributed by atoms with Gasteiger partial charge in [-0.25, -0.2) is 8.42 Å². The van der Waals surface area contributed by atoms with Crippen LogP contribution in [0.15, 0.2) is 28.7 Å². The van der Waals surface area contributed by atoms with Gasteiger partial charge in [-0.1, -0.05) is 31.4 Å². The molecule has 1 heterocycles. The highest BCUT2D eigenvalue weighted by atomic mass is 32.2. The molecule has 1 fully saturated rings. The molecule has 0 aromatic heterocycles. The summed E-state index contributed by atoms with van der Waals surface area (Å²) in [5, 5.41) is 8.76. The van der Waals surface area contributed by atoms with Gasteiger partial charge < -0.3 is 9.84 Å². The molecule has 2 aliphatic rings. The Hall–Kier alpha value is -1.56. The maximum Gasteiger partial charge on any atom is 0.267 e. The molecule has 0 radical (unpaired) electrons. The normalized spacial score (nSPS) is 26.4. The molecule has 1 aliphatic heterocycles. The average molecular weight is 351 g/mol. The third kappa shape index (κ3) is 3.58. The Labute approximate surface area is 143 Å². The molecule has 5 nitrogen and oxygen atoms in total. The highest BCUT2D eigenvalue weighted by molar-refractivity contribution is 7.90. The molecular formula is C18H25NO4S. The van der Waals surface area contributed by atoms with Crippen LogP contribution in [0.3, 0.4) is 0 Å². The van der Waals surface area contributed by atoms with Gasteiger partial charge >= 0.3 is 0 Å². The molecule has 1 aromatic carbocycles. The summed E-state index contributed by atoms with van der Waals surface area (Å²) in [6, 6.07) is 6.31. The van der Waals surface area contributed by atoms with Crippen molar-refractivity contribution in [2.24, 2.45) is 10.3 Å². The van der Waals surface area contributed by atoms with E-state index >= 15 is 0 Å². The fourth-order valence-electron chi connectivity index (χ4n) is 3.91. The lowest BCUT2D eigenvalue weighted by Crippen LogP contribution is -2.43. The molecule has 24 heavy (non-hydrogen) atoms. The first kappa shape index (κ1) is 17.3. The number of nitrogens with zero attached hydrogens (tertiary/aromatic N) is 1. The number of sulfonamides is 1. The van der Waals surface area contributed by atoms with Crippen molar-refractivity contribution in [3.63, 3.8) is 0 Å². The van der Waals surface area contributed by atoms with Crippen LogP contribution >= 0.6 is 0 Å². The second-order valence-electron chi connectivity index (χ2n) is 7.39. The van der Waals surface area contributed by atoms with Gasteiger partial charge in [0.05, 0.1) is 0 Å². The lowest BCUT2D eigenvalue weighted by molar-refractivity contribution is 0.0780. The minimum Gasteiger partial charge on any atom is -0.508 e. The van der Waals surface area contributed by atoms with Gasteiger partial charge in [0.1, 0.15) is 16.6 Å². The minimum absolute atomic E-state index is 0.0375. The zero-order valence-electron chi connectivity index (χ0n) is 14.2. The second-order valence-corrected chi connectivity index (χ2v) is 9.07. The lowest BCUT2D eigenvalue weighted by Gasteiger charge is -2.38. The zero-order chi connectivity index (χ0) is 17.4. The van der Waals surface area contributed by atoms with E-state index in [9.17, 15) is 13.5 Å². The molecule has 1 saturated carbocycles. The largest absolute Gasteiger partial charge is 0.508 e. The van der Waals surface area contributed by atoms with Crippen LogP contribution < -0.4 is 0 Å². The molecule has 1 aliphatic carbocycles. The first-order valence-corrected chi connectivity index (χ1v) is 10.1. The Bertz CT molecular complexity index is 733. The van der Waals surface area contributed by atoms with E-state index in [2.05, 4.69) is 4.40 Å². The van der Waals surface area contributed by atoms with Gasteiger partial charge in [0, 0.05) is 6.42 Å². The fourth-order valence-corrected chi connectivity index (χ4v) is 5.66. The summed E-state index contributed by atoms with van der Waals surface area (Å²) in [6.07, 6.45) is 6.46. The van der Waals surface area contributed by atoms with Crippen LogP contribution in [0, 0.1) is 5.92 Å². The molecule has 132 valence electrons. The molecule has 0 bridgehead atoms. The van der Waals surface area contributed by atoms with E-state index in [1.54, 1.807) is 26.0 Å². The third-order valence-electron chi connectivity index (χ3n) is 4.90. The summed E-state index contributed by atoms with van der Waals surface area (Å²) in [5.74, 6) is 0.833. The maximum atomic E-state index is 12.8. The SMILES string of the molecule is CC1(C)OC(CC2CCCCC2)=NS(=O)(=O)C1c1cccc(O)c1. The van der Waals surface area contributed by atoms with E-state index in [1.807, 2.05) is 0 Å². The topological polar surface area (TPSA) is 76.0 Å². The maximum absolute atomic E-state index is 12.8. The zero-order valence-corrected chi connectivity index (χ0v) is 15.1. The molecule has 0 saturated heterocycles. The van der Waals surface area contributed by atoms with Crippen molar-refractivity contribution in [1.82, 2.24) is 0 Å². The molecule has 1 unspecified atom stereocenters. The van der Waals surface area contributed by atoms with Gasteiger partial charge in [0.2, 0.25) is 5.90 Å². The van der Waals surface area contributed by atoms with Crippen molar-refractivity contribution in [2.45, 2.75) is 63.2 Å². The lowest BCUT2D eigenvalue weighted by atomic mass is 9.87. The number of hydrogen-bond acceptors (Lipinski definition) is 4. The summed E-state index contributed by atoms with van der Waals surface area (Å²) >= 11 is 0. The highest BCUT2D eigenvalue weighted by Gasteiger charge is 2.47. The Morgan fingerprint density at radius 2 is 1.96 bits per heavy atom. The van der Waals surface area contributed by atoms with Gasteiger partial charge in [-0.15, -0.1) is 4.40 Å². The number of aromatic hydroxyl groups is 1. The van der Waals surface area contributed by atoms with Gasteiger partial charge in [-0.2, -0.15) is 0 Å². The van der Waals surface area contributed by atoms with Crippen LogP contribution in [0.4, 0.5) is 0 Å². The Balaban J connectivity index is 1.90. The molecule has 1 aromatic rings. The number of rotatable bonds is 3. The number of hydrogen-bond donors (Lipinski definition) is 1. The summed E-state index contributed by atoms with van der Waals surface area (Å²) in [5.41, 5.74) is -0.432. The van der Waals surface area contributed by atoms with E-state index in [0.717, 1.165) is 12.8 Å². The van der Waals surface area contributed by atoms with E-state index < -0.39 is 20.9 Å².